The number of hydrogen-bond acceptors (Lipinski definition) is 7. The fourth-order valence-electron chi connectivity index (χ4n) is 3.15. The van der Waals surface area contributed by atoms with E-state index in [0.29, 0.717) is 29.1 Å². The Balaban J connectivity index is 1.79. The van der Waals surface area contributed by atoms with Crippen LogP contribution < -0.4 is 14.8 Å². The number of nitrogens with one attached hydrogen (secondary N) is 1. The van der Waals surface area contributed by atoms with E-state index in [-0.39, 0.29) is 23.4 Å². The fourth-order valence-corrected chi connectivity index (χ4v) is 3.28. The van der Waals surface area contributed by atoms with E-state index in [2.05, 4.69) is 20.7 Å². The lowest BCUT2D eigenvalue weighted by atomic mass is 9.93. The number of aromatic nitrogens is 2. The number of hydrogen-bond donors (Lipinski definition) is 1. The van der Waals surface area contributed by atoms with E-state index in [9.17, 15) is 18.0 Å². The van der Waals surface area contributed by atoms with Gasteiger partial charge in [0.2, 0.25) is 11.8 Å². The minimum atomic E-state index is -4.56. The van der Waals surface area contributed by atoms with Crippen molar-refractivity contribution in [2.24, 2.45) is 5.16 Å². The molecule has 12 heteroatoms. The third-order valence-electron chi connectivity index (χ3n) is 4.54. The summed E-state index contributed by atoms with van der Waals surface area (Å²) >= 11 is 5.88. The monoisotopic (exact) mass is 472 g/mol. The van der Waals surface area contributed by atoms with Crippen LogP contribution in [0.3, 0.4) is 0 Å². The van der Waals surface area contributed by atoms with Crippen molar-refractivity contribution in [2.45, 2.75) is 37.9 Å². The van der Waals surface area contributed by atoms with Crippen molar-refractivity contribution < 1.29 is 32.3 Å². The minimum absolute atomic E-state index is 0.156. The normalized spacial score (nSPS) is 17.7. The number of oxime groups is 1. The molecule has 1 aromatic carbocycles. The summed E-state index contributed by atoms with van der Waals surface area (Å²) in [5.41, 5.74) is 1.30. The van der Waals surface area contributed by atoms with E-state index in [1.807, 2.05) is 0 Å². The Morgan fingerprint density at radius 2 is 2.00 bits per heavy atom. The Kier molecular flexibility index (Phi) is 7.73. The molecule has 0 spiro atoms. The molecular formula is C20H20ClF3N4O4. The van der Waals surface area contributed by atoms with Crippen molar-refractivity contribution in [3.63, 3.8) is 0 Å². The van der Waals surface area contributed by atoms with Crippen LogP contribution >= 0.6 is 11.6 Å². The Hall–Kier alpha value is -3.08. The third kappa shape index (κ3) is 6.71. The Morgan fingerprint density at radius 1 is 1.25 bits per heavy atom. The van der Waals surface area contributed by atoms with Crippen LogP contribution in [0.2, 0.25) is 5.02 Å². The lowest BCUT2D eigenvalue weighted by Gasteiger charge is -2.23. The van der Waals surface area contributed by atoms with Gasteiger partial charge in [0, 0.05) is 11.1 Å². The van der Waals surface area contributed by atoms with Crippen molar-refractivity contribution in [3.8, 4) is 22.9 Å². The second-order valence-corrected chi connectivity index (χ2v) is 7.35. The second kappa shape index (κ2) is 10.5. The lowest BCUT2D eigenvalue weighted by molar-refractivity contribution is -0.154. The van der Waals surface area contributed by atoms with Crippen LogP contribution in [0.5, 0.6) is 11.8 Å². The summed E-state index contributed by atoms with van der Waals surface area (Å²) < 4.78 is 47.8. The van der Waals surface area contributed by atoms with Crippen molar-refractivity contribution >= 4 is 23.4 Å². The van der Waals surface area contributed by atoms with E-state index < -0.39 is 18.9 Å². The number of carbonyl (C=O) groups is 1. The summed E-state index contributed by atoms with van der Waals surface area (Å²) in [6.07, 6.45) is -2.17. The largest absolute Gasteiger partial charge is 0.466 e. The molecule has 1 fully saturated rings. The molecular weight excluding hydrogens is 453 g/mol. The average molecular weight is 473 g/mol. The quantitative estimate of drug-likeness (QED) is 0.608. The van der Waals surface area contributed by atoms with Gasteiger partial charge in [-0.25, -0.2) is 4.79 Å². The van der Waals surface area contributed by atoms with Gasteiger partial charge in [0.15, 0.2) is 6.61 Å². The first-order valence-corrected chi connectivity index (χ1v) is 10.0. The molecule has 1 aliphatic rings. The standard InChI is InChI=1S/C20H20ClF3N4O4/c1-30-28-16-5-3-2-4-15(16)25-19(29)32-17-10-14(12-6-8-13(21)9-7-12)18(27-26-17)31-11-20(22,23)24/h6-10,15H,2-5,11H2,1H3,(H,25,29)/b28-16+/t15-/m0/s1. The van der Waals surface area contributed by atoms with E-state index in [4.69, 9.17) is 25.9 Å². The molecule has 2 aromatic rings. The molecule has 3 rings (SSSR count). The molecule has 32 heavy (non-hydrogen) atoms. The van der Waals surface area contributed by atoms with Crippen LogP contribution in [-0.4, -0.2) is 47.9 Å². The maximum atomic E-state index is 12.6. The van der Waals surface area contributed by atoms with Gasteiger partial charge in [0.05, 0.1) is 17.3 Å². The zero-order chi connectivity index (χ0) is 23.1. The molecule has 1 atom stereocenters. The Morgan fingerprint density at radius 3 is 2.69 bits per heavy atom. The van der Waals surface area contributed by atoms with Crippen LogP contribution in [0.25, 0.3) is 11.1 Å². The third-order valence-corrected chi connectivity index (χ3v) is 4.79. The SMILES string of the molecule is CO/N=C1\CCCC[C@@H]1NC(=O)Oc1cc(-c2ccc(Cl)cc2)c(OCC(F)(F)F)nn1. The smallest absolute Gasteiger partial charge is 0.422 e. The summed E-state index contributed by atoms with van der Waals surface area (Å²) in [6.45, 7) is -1.55. The summed E-state index contributed by atoms with van der Waals surface area (Å²) in [7, 11) is 1.42. The first-order chi connectivity index (χ1) is 15.2. The highest BCUT2D eigenvalue weighted by Crippen LogP contribution is 2.32. The number of benzene rings is 1. The van der Waals surface area contributed by atoms with Gasteiger partial charge in [-0.15, -0.1) is 10.2 Å². The number of amides is 1. The van der Waals surface area contributed by atoms with Crippen LogP contribution in [0.1, 0.15) is 25.7 Å². The van der Waals surface area contributed by atoms with Crippen molar-refractivity contribution in [3.05, 3.63) is 35.4 Å². The van der Waals surface area contributed by atoms with Crippen molar-refractivity contribution in [1.29, 1.82) is 0 Å². The summed E-state index contributed by atoms with van der Waals surface area (Å²) in [6, 6.07) is 7.16. The number of nitrogens with zero attached hydrogens (tertiary/aromatic N) is 3. The van der Waals surface area contributed by atoms with Gasteiger partial charge >= 0.3 is 12.3 Å². The zero-order valence-corrected chi connectivity index (χ0v) is 17.7. The predicted molar refractivity (Wildman–Crippen MR) is 110 cm³/mol. The van der Waals surface area contributed by atoms with Gasteiger partial charge in [-0.05, 0) is 37.0 Å². The highest BCUT2D eigenvalue weighted by molar-refractivity contribution is 6.30. The first-order valence-electron chi connectivity index (χ1n) is 9.66. The van der Waals surface area contributed by atoms with Crippen LogP contribution in [0.4, 0.5) is 18.0 Å². The number of ether oxygens (including phenoxy) is 2. The Labute approximate surface area is 186 Å². The van der Waals surface area contributed by atoms with E-state index in [1.54, 1.807) is 24.3 Å². The molecule has 0 bridgehead atoms. The van der Waals surface area contributed by atoms with E-state index in [1.165, 1.54) is 13.2 Å². The summed E-state index contributed by atoms with van der Waals surface area (Å²) in [4.78, 5) is 17.2. The number of carbonyl (C=O) groups excluding carboxylic acids is 1. The van der Waals surface area contributed by atoms with Crippen molar-refractivity contribution in [2.75, 3.05) is 13.7 Å². The molecule has 0 saturated heterocycles. The molecule has 1 aliphatic carbocycles. The molecule has 0 unspecified atom stereocenters. The van der Waals surface area contributed by atoms with Crippen LogP contribution in [-0.2, 0) is 4.84 Å². The molecule has 0 radical (unpaired) electrons. The molecule has 1 amide bonds. The molecule has 8 nitrogen and oxygen atoms in total. The summed E-state index contributed by atoms with van der Waals surface area (Å²) in [5.74, 6) is -0.577. The fraction of sp³-hybridized carbons (Fsp3) is 0.400. The number of alkyl halides is 3. The molecule has 1 saturated carbocycles. The highest BCUT2D eigenvalue weighted by atomic mass is 35.5. The predicted octanol–water partition coefficient (Wildman–Crippen LogP) is 4.77. The van der Waals surface area contributed by atoms with Crippen molar-refractivity contribution in [1.82, 2.24) is 15.5 Å². The molecule has 172 valence electrons. The average Bonchev–Trinajstić information content (AvgIpc) is 2.74. The number of rotatable bonds is 6. The van der Waals surface area contributed by atoms with E-state index >= 15 is 0 Å². The lowest BCUT2D eigenvalue weighted by Crippen LogP contribution is -2.44. The topological polar surface area (TPSA) is 94.9 Å². The van der Waals surface area contributed by atoms with Gasteiger partial charge in [-0.2, -0.15) is 13.2 Å². The maximum Gasteiger partial charge on any atom is 0.422 e. The summed E-state index contributed by atoms with van der Waals surface area (Å²) in [5, 5.41) is 14.4. The molecule has 0 aliphatic heterocycles. The van der Waals surface area contributed by atoms with Gasteiger partial charge in [0.25, 0.3) is 0 Å². The van der Waals surface area contributed by atoms with Gasteiger partial charge in [0.1, 0.15) is 7.11 Å². The van der Waals surface area contributed by atoms with Gasteiger partial charge in [-0.1, -0.05) is 35.3 Å². The van der Waals surface area contributed by atoms with Crippen LogP contribution in [0, 0.1) is 0 Å². The molecule has 1 aromatic heterocycles. The van der Waals surface area contributed by atoms with E-state index in [0.717, 1.165) is 12.8 Å². The highest BCUT2D eigenvalue weighted by Gasteiger charge is 2.30. The first kappa shape index (κ1) is 23.6. The Bertz CT molecular complexity index is 970. The number of halogens is 4. The second-order valence-electron chi connectivity index (χ2n) is 6.91. The molecule has 1 heterocycles. The van der Waals surface area contributed by atoms with Gasteiger partial charge < -0.3 is 19.6 Å². The minimum Gasteiger partial charge on any atom is -0.466 e. The van der Waals surface area contributed by atoms with Crippen LogP contribution in [0.15, 0.2) is 35.5 Å². The van der Waals surface area contributed by atoms with Gasteiger partial charge in [-0.3, -0.25) is 0 Å². The maximum absolute atomic E-state index is 12.6. The zero-order valence-electron chi connectivity index (χ0n) is 17.0. The molecule has 1 N–H and O–H groups in total.